The molecule has 0 aliphatic heterocycles. The molecule has 0 unspecified atom stereocenters. The summed E-state index contributed by atoms with van der Waals surface area (Å²) in [5, 5.41) is 0.878. The van der Waals surface area contributed by atoms with Crippen molar-refractivity contribution in [2.24, 2.45) is 5.73 Å². The summed E-state index contributed by atoms with van der Waals surface area (Å²) in [5.74, 6) is 0. The van der Waals surface area contributed by atoms with Gasteiger partial charge in [0.25, 0.3) is 0 Å². The maximum atomic E-state index is 5.93. The van der Waals surface area contributed by atoms with Gasteiger partial charge in [-0.1, -0.05) is 0 Å². The van der Waals surface area contributed by atoms with E-state index < -0.39 is 0 Å². The second kappa shape index (κ2) is 3.36. The number of thiophene rings is 1. The molecule has 0 spiro atoms. The van der Waals surface area contributed by atoms with Gasteiger partial charge in [0.1, 0.15) is 0 Å². The Morgan fingerprint density at radius 3 is 2.42 bits per heavy atom. The van der Waals surface area contributed by atoms with Gasteiger partial charge in [-0.3, -0.25) is 0 Å². The number of halogens is 1. The van der Waals surface area contributed by atoms with Crippen molar-refractivity contribution in [3.8, 4) is 5.06 Å². The van der Waals surface area contributed by atoms with Gasteiger partial charge >= 0.3 is 0 Å². The summed E-state index contributed by atoms with van der Waals surface area (Å²) in [6.07, 6.45) is 0. The van der Waals surface area contributed by atoms with Crippen LogP contribution in [0.15, 0.2) is 10.5 Å². The fourth-order valence-electron chi connectivity index (χ4n) is 0.809. The summed E-state index contributed by atoms with van der Waals surface area (Å²) in [6, 6.07) is 2.00. The van der Waals surface area contributed by atoms with Crippen LogP contribution in [-0.4, -0.2) is 7.11 Å². The summed E-state index contributed by atoms with van der Waals surface area (Å²) in [6.45, 7) is 3.95. The van der Waals surface area contributed by atoms with E-state index >= 15 is 0 Å². The average Bonchev–Trinajstić information content (AvgIpc) is 2.29. The van der Waals surface area contributed by atoms with E-state index in [2.05, 4.69) is 15.9 Å². The molecule has 68 valence electrons. The lowest BCUT2D eigenvalue weighted by atomic mass is 10.1. The predicted octanol–water partition coefficient (Wildman–Crippen LogP) is 2.71. The number of ether oxygens (including phenoxy) is 1. The van der Waals surface area contributed by atoms with Crippen molar-refractivity contribution in [3.63, 3.8) is 0 Å². The minimum atomic E-state index is -0.288. The number of rotatable bonds is 2. The normalized spacial score (nSPS) is 11.8. The summed E-state index contributed by atoms with van der Waals surface area (Å²) in [5.41, 5.74) is 5.64. The smallest absolute Gasteiger partial charge is 0.188 e. The van der Waals surface area contributed by atoms with Gasteiger partial charge in [-0.25, -0.2) is 0 Å². The number of nitrogens with two attached hydrogens (primary N) is 1. The van der Waals surface area contributed by atoms with Gasteiger partial charge in [0, 0.05) is 10.4 Å². The van der Waals surface area contributed by atoms with Crippen molar-refractivity contribution in [1.82, 2.24) is 0 Å². The lowest BCUT2D eigenvalue weighted by Gasteiger charge is -2.15. The van der Waals surface area contributed by atoms with E-state index in [1.165, 1.54) is 0 Å². The molecule has 0 radical (unpaired) electrons. The third-order valence-corrected chi connectivity index (χ3v) is 3.76. The lowest BCUT2D eigenvalue weighted by Crippen LogP contribution is -2.27. The highest BCUT2D eigenvalue weighted by Crippen LogP contribution is 2.38. The Labute approximate surface area is 84.9 Å². The largest absolute Gasteiger partial charge is 0.486 e. The van der Waals surface area contributed by atoms with Gasteiger partial charge in [0.15, 0.2) is 5.06 Å². The van der Waals surface area contributed by atoms with Gasteiger partial charge in [0.05, 0.1) is 11.6 Å². The molecule has 0 aliphatic rings. The van der Waals surface area contributed by atoms with Crippen LogP contribution in [0.3, 0.4) is 0 Å². The molecule has 0 fully saturated rings. The van der Waals surface area contributed by atoms with Gasteiger partial charge in [-0.05, 0) is 35.8 Å². The molecule has 4 heteroatoms. The average molecular weight is 250 g/mol. The highest BCUT2D eigenvalue weighted by molar-refractivity contribution is 9.10. The highest BCUT2D eigenvalue weighted by Gasteiger charge is 2.19. The first-order valence-electron chi connectivity index (χ1n) is 3.58. The lowest BCUT2D eigenvalue weighted by molar-refractivity contribution is 0.425. The molecule has 0 saturated carbocycles. The van der Waals surface area contributed by atoms with Crippen molar-refractivity contribution < 1.29 is 4.74 Å². The molecule has 0 amide bonds. The second-order valence-corrected chi connectivity index (χ2v) is 5.04. The summed E-state index contributed by atoms with van der Waals surface area (Å²) >= 11 is 4.97. The Hall–Kier alpha value is -0.0600. The van der Waals surface area contributed by atoms with Crippen LogP contribution in [0.5, 0.6) is 5.06 Å². The molecular weight excluding hydrogens is 238 g/mol. The third kappa shape index (κ3) is 2.00. The third-order valence-electron chi connectivity index (χ3n) is 1.48. The van der Waals surface area contributed by atoms with Crippen molar-refractivity contribution in [2.45, 2.75) is 19.4 Å². The van der Waals surface area contributed by atoms with Crippen molar-refractivity contribution in [1.29, 1.82) is 0 Å². The molecule has 0 bridgehead atoms. The van der Waals surface area contributed by atoms with E-state index in [1.54, 1.807) is 18.4 Å². The van der Waals surface area contributed by atoms with Crippen LogP contribution in [-0.2, 0) is 5.54 Å². The summed E-state index contributed by atoms with van der Waals surface area (Å²) < 4.78 is 6.11. The fourth-order valence-corrected chi connectivity index (χ4v) is 2.47. The first kappa shape index (κ1) is 10.0. The summed E-state index contributed by atoms with van der Waals surface area (Å²) in [4.78, 5) is 1.12. The van der Waals surface area contributed by atoms with Gasteiger partial charge < -0.3 is 10.5 Å². The molecule has 0 saturated heterocycles. The molecule has 1 aromatic heterocycles. The van der Waals surface area contributed by atoms with Crippen molar-refractivity contribution in [2.75, 3.05) is 7.11 Å². The first-order chi connectivity index (χ1) is 5.45. The van der Waals surface area contributed by atoms with Crippen LogP contribution in [0.4, 0.5) is 0 Å². The molecule has 2 nitrogen and oxygen atoms in total. The summed E-state index contributed by atoms with van der Waals surface area (Å²) in [7, 11) is 1.66. The molecule has 0 aliphatic carbocycles. The Morgan fingerprint density at radius 1 is 1.58 bits per heavy atom. The maximum absolute atomic E-state index is 5.93. The SMILES string of the molecule is COc1sc(C(C)(C)N)cc1Br. The van der Waals surface area contributed by atoms with Crippen LogP contribution in [0.25, 0.3) is 0 Å². The molecule has 1 rings (SSSR count). The van der Waals surface area contributed by atoms with Crippen LogP contribution in [0, 0.1) is 0 Å². The second-order valence-electron chi connectivity index (χ2n) is 3.17. The maximum Gasteiger partial charge on any atom is 0.188 e. The predicted molar refractivity (Wildman–Crippen MR) is 55.8 cm³/mol. The van der Waals surface area contributed by atoms with Gasteiger partial charge in [-0.2, -0.15) is 0 Å². The molecular formula is C8H12BrNOS. The van der Waals surface area contributed by atoms with E-state index in [4.69, 9.17) is 10.5 Å². The fraction of sp³-hybridized carbons (Fsp3) is 0.500. The Kier molecular flexibility index (Phi) is 2.81. The quantitative estimate of drug-likeness (QED) is 0.875. The molecule has 0 atom stereocenters. The Bertz CT molecular complexity index is 277. The molecule has 1 heterocycles. The highest BCUT2D eigenvalue weighted by atomic mass is 79.9. The minimum absolute atomic E-state index is 0.288. The number of hydrogen-bond donors (Lipinski definition) is 1. The Morgan fingerprint density at radius 2 is 2.17 bits per heavy atom. The Balaban J connectivity index is 3.05. The topological polar surface area (TPSA) is 35.2 Å². The van der Waals surface area contributed by atoms with Crippen molar-refractivity contribution >= 4 is 27.3 Å². The minimum Gasteiger partial charge on any atom is -0.486 e. The van der Waals surface area contributed by atoms with E-state index in [0.717, 1.165) is 14.4 Å². The zero-order valence-electron chi connectivity index (χ0n) is 7.35. The molecule has 2 N–H and O–H groups in total. The molecule has 1 aromatic rings. The van der Waals surface area contributed by atoms with E-state index in [0.29, 0.717) is 0 Å². The number of methoxy groups -OCH3 is 1. The van der Waals surface area contributed by atoms with Gasteiger partial charge in [0.2, 0.25) is 0 Å². The van der Waals surface area contributed by atoms with Crippen LogP contribution >= 0.6 is 27.3 Å². The first-order valence-corrected chi connectivity index (χ1v) is 5.19. The van der Waals surface area contributed by atoms with Gasteiger partial charge in [-0.15, -0.1) is 11.3 Å². The zero-order chi connectivity index (χ0) is 9.35. The van der Waals surface area contributed by atoms with Crippen LogP contribution < -0.4 is 10.5 Å². The molecule has 12 heavy (non-hydrogen) atoms. The molecule has 0 aromatic carbocycles. The zero-order valence-corrected chi connectivity index (χ0v) is 9.75. The van der Waals surface area contributed by atoms with E-state index in [9.17, 15) is 0 Å². The number of hydrogen-bond acceptors (Lipinski definition) is 3. The monoisotopic (exact) mass is 249 g/mol. The van der Waals surface area contributed by atoms with Crippen molar-refractivity contribution in [3.05, 3.63) is 15.4 Å². The van der Waals surface area contributed by atoms with E-state index in [-0.39, 0.29) is 5.54 Å². The van der Waals surface area contributed by atoms with E-state index in [1.807, 2.05) is 19.9 Å². The standard InChI is InChI=1S/C8H12BrNOS/c1-8(2,10)6-4-5(9)7(11-3)12-6/h4H,10H2,1-3H3. The van der Waals surface area contributed by atoms with Crippen LogP contribution in [0.1, 0.15) is 18.7 Å². The van der Waals surface area contributed by atoms with Crippen LogP contribution in [0.2, 0.25) is 0 Å².